The van der Waals surface area contributed by atoms with Crippen LogP contribution in [-0.2, 0) is 0 Å². The maximum Gasteiger partial charge on any atom is 0.258 e. The maximum absolute atomic E-state index is 13.4. The standard InChI is InChI=1S/C28H18Cl2N2O3/c29-19-12-10-17(11-13-19)25-28(35-27(31-25)18-6-2-1-3-7-18)32-26(34)23-9-5-4-8-21(23)22-15-14-20(30)16-24(22)33/h1-16,33H,(H,32,34). The number of hydrogen-bond donors (Lipinski definition) is 2. The van der Waals surface area contributed by atoms with Gasteiger partial charge in [0.2, 0.25) is 11.8 Å². The zero-order valence-corrected chi connectivity index (χ0v) is 19.7. The number of phenols is 1. The minimum Gasteiger partial charge on any atom is -0.507 e. The van der Waals surface area contributed by atoms with Crippen LogP contribution in [-0.4, -0.2) is 16.0 Å². The van der Waals surface area contributed by atoms with E-state index in [9.17, 15) is 9.90 Å². The lowest BCUT2D eigenvalue weighted by Crippen LogP contribution is -2.13. The van der Waals surface area contributed by atoms with E-state index in [2.05, 4.69) is 10.3 Å². The minimum atomic E-state index is -0.416. The van der Waals surface area contributed by atoms with Crippen LogP contribution in [0.4, 0.5) is 5.88 Å². The number of anilines is 1. The van der Waals surface area contributed by atoms with Crippen LogP contribution in [0.3, 0.4) is 0 Å². The predicted molar refractivity (Wildman–Crippen MR) is 139 cm³/mol. The van der Waals surface area contributed by atoms with E-state index in [0.717, 1.165) is 11.1 Å². The molecule has 7 heteroatoms. The molecule has 0 atom stereocenters. The summed E-state index contributed by atoms with van der Waals surface area (Å²) in [6.45, 7) is 0. The molecular weight excluding hydrogens is 483 g/mol. The van der Waals surface area contributed by atoms with Crippen LogP contribution in [0.25, 0.3) is 33.8 Å². The highest BCUT2D eigenvalue weighted by atomic mass is 35.5. The quantitative estimate of drug-likeness (QED) is 0.256. The number of oxazole rings is 1. The highest BCUT2D eigenvalue weighted by Gasteiger charge is 2.21. The van der Waals surface area contributed by atoms with Gasteiger partial charge in [-0.25, -0.2) is 4.98 Å². The number of benzene rings is 4. The number of nitrogens with zero attached hydrogens (tertiary/aromatic N) is 1. The topological polar surface area (TPSA) is 75.4 Å². The number of hydrogen-bond acceptors (Lipinski definition) is 4. The SMILES string of the molecule is O=C(Nc1oc(-c2ccccc2)nc1-c1ccc(Cl)cc1)c1ccccc1-c1ccc(Cl)cc1O. The highest BCUT2D eigenvalue weighted by Crippen LogP contribution is 2.36. The molecule has 0 fully saturated rings. The molecular formula is C28H18Cl2N2O3. The summed E-state index contributed by atoms with van der Waals surface area (Å²) in [5.74, 6) is 0.132. The van der Waals surface area contributed by atoms with E-state index < -0.39 is 5.91 Å². The van der Waals surface area contributed by atoms with E-state index in [-0.39, 0.29) is 11.6 Å². The molecule has 2 N–H and O–H groups in total. The molecule has 0 spiro atoms. The van der Waals surface area contributed by atoms with Crippen LogP contribution in [0.2, 0.25) is 10.0 Å². The van der Waals surface area contributed by atoms with Gasteiger partial charge in [-0.05, 0) is 54.1 Å². The van der Waals surface area contributed by atoms with E-state index in [0.29, 0.717) is 38.3 Å². The van der Waals surface area contributed by atoms with Gasteiger partial charge in [-0.1, -0.05) is 71.7 Å². The van der Waals surface area contributed by atoms with Crippen molar-refractivity contribution >= 4 is 35.0 Å². The first-order valence-corrected chi connectivity index (χ1v) is 11.5. The van der Waals surface area contributed by atoms with E-state index in [4.69, 9.17) is 27.6 Å². The van der Waals surface area contributed by atoms with Crippen LogP contribution in [0, 0.1) is 0 Å². The number of carbonyl (C=O) groups is 1. The van der Waals surface area contributed by atoms with Crippen molar-refractivity contribution in [3.8, 4) is 39.6 Å². The molecule has 0 aliphatic rings. The second-order valence-electron chi connectivity index (χ2n) is 7.73. The lowest BCUT2D eigenvalue weighted by molar-refractivity contribution is 0.102. The summed E-state index contributed by atoms with van der Waals surface area (Å²) in [4.78, 5) is 18.1. The largest absolute Gasteiger partial charge is 0.507 e. The van der Waals surface area contributed by atoms with Crippen molar-refractivity contribution in [1.82, 2.24) is 4.98 Å². The van der Waals surface area contributed by atoms with E-state index >= 15 is 0 Å². The molecule has 172 valence electrons. The number of carbonyl (C=O) groups excluding carboxylic acids is 1. The summed E-state index contributed by atoms with van der Waals surface area (Å²) in [5, 5.41) is 14.3. The third kappa shape index (κ3) is 4.78. The Hall–Kier alpha value is -4.06. The lowest BCUT2D eigenvalue weighted by Gasteiger charge is -2.11. The number of aromatic nitrogens is 1. The average Bonchev–Trinajstić information content (AvgIpc) is 3.29. The summed E-state index contributed by atoms with van der Waals surface area (Å²) < 4.78 is 6.02. The van der Waals surface area contributed by atoms with Gasteiger partial charge in [0.25, 0.3) is 5.91 Å². The molecule has 5 nitrogen and oxygen atoms in total. The van der Waals surface area contributed by atoms with Gasteiger partial charge in [-0.3, -0.25) is 10.1 Å². The van der Waals surface area contributed by atoms with Crippen LogP contribution >= 0.6 is 23.2 Å². The number of halogens is 2. The first kappa shape index (κ1) is 22.7. The Morgan fingerprint density at radius 1 is 0.771 bits per heavy atom. The zero-order chi connectivity index (χ0) is 24.4. The van der Waals surface area contributed by atoms with Gasteiger partial charge in [0.1, 0.15) is 11.4 Å². The van der Waals surface area contributed by atoms with Crippen LogP contribution in [0.1, 0.15) is 10.4 Å². The molecule has 0 unspecified atom stereocenters. The fraction of sp³-hybridized carbons (Fsp3) is 0. The van der Waals surface area contributed by atoms with Gasteiger partial charge in [-0.15, -0.1) is 0 Å². The molecule has 0 radical (unpaired) electrons. The molecule has 0 aliphatic carbocycles. The van der Waals surface area contributed by atoms with Crippen molar-refractivity contribution in [1.29, 1.82) is 0 Å². The number of phenolic OH excluding ortho intramolecular Hbond substituents is 1. The number of nitrogens with one attached hydrogen (secondary N) is 1. The van der Waals surface area contributed by atoms with E-state index in [1.165, 1.54) is 6.07 Å². The van der Waals surface area contributed by atoms with Gasteiger partial charge in [0.05, 0.1) is 0 Å². The van der Waals surface area contributed by atoms with Gasteiger partial charge in [-0.2, -0.15) is 0 Å². The Kier molecular flexibility index (Phi) is 6.27. The van der Waals surface area contributed by atoms with Gasteiger partial charge >= 0.3 is 0 Å². The van der Waals surface area contributed by atoms with Crippen LogP contribution < -0.4 is 5.32 Å². The summed E-state index contributed by atoms with van der Waals surface area (Å²) >= 11 is 12.0. The molecule has 1 amide bonds. The monoisotopic (exact) mass is 500 g/mol. The fourth-order valence-electron chi connectivity index (χ4n) is 3.73. The van der Waals surface area contributed by atoms with E-state index in [1.54, 1.807) is 48.5 Å². The summed E-state index contributed by atoms with van der Waals surface area (Å²) in [6, 6.07) is 28.3. The Balaban J connectivity index is 1.56. The van der Waals surface area contributed by atoms with Crippen LogP contribution in [0.5, 0.6) is 5.75 Å². The van der Waals surface area contributed by atoms with Crippen molar-refractivity contribution in [2.75, 3.05) is 5.32 Å². The normalized spacial score (nSPS) is 10.8. The Morgan fingerprint density at radius 2 is 1.46 bits per heavy atom. The van der Waals surface area contributed by atoms with Crippen molar-refractivity contribution in [2.45, 2.75) is 0 Å². The molecule has 35 heavy (non-hydrogen) atoms. The zero-order valence-electron chi connectivity index (χ0n) is 18.2. The predicted octanol–water partition coefficient (Wildman–Crippen LogP) is 7.94. The van der Waals surface area contributed by atoms with Gasteiger partial charge in [0.15, 0.2) is 0 Å². The molecule has 0 saturated carbocycles. The van der Waals surface area contributed by atoms with Gasteiger partial charge in [0, 0.05) is 32.3 Å². The number of aromatic hydroxyl groups is 1. The van der Waals surface area contributed by atoms with Gasteiger partial charge < -0.3 is 9.52 Å². The van der Waals surface area contributed by atoms with Crippen molar-refractivity contribution in [3.05, 3.63) is 113 Å². The van der Waals surface area contributed by atoms with Crippen molar-refractivity contribution < 1.29 is 14.3 Å². The van der Waals surface area contributed by atoms with E-state index in [1.807, 2.05) is 42.5 Å². The lowest BCUT2D eigenvalue weighted by atomic mass is 9.98. The Bertz CT molecular complexity index is 1510. The molecule has 4 aromatic carbocycles. The molecule has 1 heterocycles. The fourth-order valence-corrected chi connectivity index (χ4v) is 4.02. The first-order valence-electron chi connectivity index (χ1n) is 10.7. The first-order chi connectivity index (χ1) is 17.0. The molecule has 1 aromatic heterocycles. The molecule has 0 bridgehead atoms. The second kappa shape index (κ2) is 9.66. The summed E-state index contributed by atoms with van der Waals surface area (Å²) in [5.41, 5.74) is 3.37. The Labute approximate surface area is 211 Å². The molecule has 0 saturated heterocycles. The smallest absolute Gasteiger partial charge is 0.258 e. The number of rotatable bonds is 5. The molecule has 0 aliphatic heterocycles. The minimum absolute atomic E-state index is 0.0226. The van der Waals surface area contributed by atoms with Crippen molar-refractivity contribution in [2.24, 2.45) is 0 Å². The molecule has 5 rings (SSSR count). The van der Waals surface area contributed by atoms with Crippen molar-refractivity contribution in [3.63, 3.8) is 0 Å². The van der Waals surface area contributed by atoms with Crippen LogP contribution in [0.15, 0.2) is 101 Å². The third-order valence-corrected chi connectivity index (χ3v) is 5.90. The Morgan fingerprint density at radius 3 is 2.20 bits per heavy atom. The summed E-state index contributed by atoms with van der Waals surface area (Å²) in [7, 11) is 0. The number of amides is 1. The second-order valence-corrected chi connectivity index (χ2v) is 8.60. The average molecular weight is 501 g/mol. The third-order valence-electron chi connectivity index (χ3n) is 5.41. The highest BCUT2D eigenvalue weighted by molar-refractivity contribution is 6.31. The maximum atomic E-state index is 13.4. The summed E-state index contributed by atoms with van der Waals surface area (Å²) in [6.07, 6.45) is 0. The molecule has 5 aromatic rings.